The highest BCUT2D eigenvalue weighted by Crippen LogP contribution is 2.25. The molecule has 130 valence electrons. The van der Waals surface area contributed by atoms with E-state index in [0.717, 1.165) is 33.5 Å². The van der Waals surface area contributed by atoms with E-state index in [9.17, 15) is 0 Å². The van der Waals surface area contributed by atoms with Crippen molar-refractivity contribution in [2.75, 3.05) is 19.5 Å². The summed E-state index contributed by atoms with van der Waals surface area (Å²) < 4.78 is 5.27. The molecule has 1 heterocycles. The Kier molecular flexibility index (Phi) is 4.02. The summed E-state index contributed by atoms with van der Waals surface area (Å²) in [6, 6.07) is 17.4. The largest absolute Gasteiger partial charge is 0.497 e. The summed E-state index contributed by atoms with van der Waals surface area (Å²) in [5, 5.41) is 10.8. The van der Waals surface area contributed by atoms with E-state index >= 15 is 0 Å². The van der Waals surface area contributed by atoms with Crippen molar-refractivity contribution in [3.05, 3.63) is 71.3 Å². The van der Waals surface area contributed by atoms with Crippen LogP contribution in [0.3, 0.4) is 0 Å². The summed E-state index contributed by atoms with van der Waals surface area (Å²) in [4.78, 5) is 4.34. The van der Waals surface area contributed by atoms with Crippen molar-refractivity contribution < 1.29 is 4.74 Å². The number of amidine groups is 1. The van der Waals surface area contributed by atoms with E-state index in [1.165, 1.54) is 0 Å². The van der Waals surface area contributed by atoms with Gasteiger partial charge in [0.1, 0.15) is 18.3 Å². The summed E-state index contributed by atoms with van der Waals surface area (Å²) in [6.45, 7) is 0.528. The monoisotopic (exact) mass is 345 g/mol. The van der Waals surface area contributed by atoms with Gasteiger partial charge < -0.3 is 15.9 Å². The molecule has 5 N–H and O–H groups in total. The minimum Gasteiger partial charge on any atom is -0.497 e. The van der Waals surface area contributed by atoms with Crippen molar-refractivity contribution in [3.8, 4) is 5.75 Å². The smallest absolute Gasteiger partial charge is 0.144 e. The molecule has 6 nitrogen and oxygen atoms in total. The van der Waals surface area contributed by atoms with Crippen molar-refractivity contribution in [1.82, 2.24) is 10.9 Å². The van der Waals surface area contributed by atoms with Gasteiger partial charge in [0.05, 0.1) is 12.8 Å². The van der Waals surface area contributed by atoms with Crippen LogP contribution in [0.2, 0.25) is 0 Å². The second-order valence-corrected chi connectivity index (χ2v) is 6.07. The molecular weight excluding hydrogens is 326 g/mol. The molecule has 1 aliphatic rings. The number of nitrogens with zero attached hydrogens (tertiary/aromatic N) is 1. The fraction of sp³-hybridized carbons (Fsp3) is 0.100. The summed E-state index contributed by atoms with van der Waals surface area (Å²) in [5.74, 6) is 1.57. The van der Waals surface area contributed by atoms with Gasteiger partial charge in [0.25, 0.3) is 0 Å². The molecule has 4 rings (SSSR count). The first-order chi connectivity index (χ1) is 12.7. The average Bonchev–Trinajstić information content (AvgIpc) is 3.21. The Hall–Kier alpha value is -3.38. The number of nitrogen functional groups attached to an aromatic ring is 1. The highest BCUT2D eigenvalue weighted by atomic mass is 16.5. The van der Waals surface area contributed by atoms with Gasteiger partial charge in [-0.25, -0.2) is 10.4 Å². The van der Waals surface area contributed by atoms with Crippen LogP contribution in [0, 0.1) is 5.41 Å². The number of anilines is 1. The first-order valence-electron chi connectivity index (χ1n) is 8.26. The zero-order valence-corrected chi connectivity index (χ0v) is 14.3. The quantitative estimate of drug-likeness (QED) is 0.432. The van der Waals surface area contributed by atoms with Crippen LogP contribution in [-0.2, 0) is 0 Å². The Balaban J connectivity index is 1.73. The molecule has 0 saturated heterocycles. The van der Waals surface area contributed by atoms with Crippen LogP contribution in [0.5, 0.6) is 5.75 Å². The van der Waals surface area contributed by atoms with E-state index in [2.05, 4.69) is 15.8 Å². The zero-order chi connectivity index (χ0) is 18.1. The number of ether oxygens (including phenoxy) is 1. The number of nitrogens with two attached hydrogens (primary N) is 1. The summed E-state index contributed by atoms with van der Waals surface area (Å²) in [6.07, 6.45) is 0. The molecule has 6 heteroatoms. The predicted molar refractivity (Wildman–Crippen MR) is 105 cm³/mol. The van der Waals surface area contributed by atoms with E-state index in [-0.39, 0.29) is 0 Å². The predicted octanol–water partition coefficient (Wildman–Crippen LogP) is 2.66. The molecule has 1 aliphatic heterocycles. The van der Waals surface area contributed by atoms with Crippen LogP contribution >= 0.6 is 0 Å². The number of aliphatic imine (C=N–C) groups is 1. The van der Waals surface area contributed by atoms with Crippen LogP contribution in [0.4, 0.5) is 5.69 Å². The van der Waals surface area contributed by atoms with E-state index in [0.29, 0.717) is 23.6 Å². The Bertz CT molecular complexity index is 1040. The van der Waals surface area contributed by atoms with Crippen LogP contribution < -0.4 is 21.3 Å². The second-order valence-electron chi connectivity index (χ2n) is 6.07. The molecule has 0 atom stereocenters. The molecule has 0 bridgehead atoms. The van der Waals surface area contributed by atoms with E-state index in [4.69, 9.17) is 15.9 Å². The molecule has 0 fully saturated rings. The van der Waals surface area contributed by atoms with Gasteiger partial charge in [-0.1, -0.05) is 18.2 Å². The molecule has 0 aliphatic carbocycles. The van der Waals surface area contributed by atoms with E-state index in [1.807, 2.05) is 54.6 Å². The van der Waals surface area contributed by atoms with Crippen molar-refractivity contribution in [2.24, 2.45) is 4.99 Å². The number of hydrazine groups is 1. The van der Waals surface area contributed by atoms with E-state index < -0.39 is 0 Å². The Morgan fingerprint density at radius 2 is 1.88 bits per heavy atom. The Morgan fingerprint density at radius 3 is 2.65 bits per heavy atom. The molecule has 26 heavy (non-hydrogen) atoms. The molecule has 0 radical (unpaired) electrons. The first kappa shape index (κ1) is 16.1. The van der Waals surface area contributed by atoms with Crippen LogP contribution in [-0.4, -0.2) is 25.3 Å². The van der Waals surface area contributed by atoms with Crippen molar-refractivity contribution in [1.29, 1.82) is 5.41 Å². The fourth-order valence-corrected chi connectivity index (χ4v) is 3.03. The fourth-order valence-electron chi connectivity index (χ4n) is 3.03. The van der Waals surface area contributed by atoms with Crippen LogP contribution in [0.1, 0.15) is 16.7 Å². The molecule has 0 saturated carbocycles. The Morgan fingerprint density at radius 1 is 1.08 bits per heavy atom. The lowest BCUT2D eigenvalue weighted by atomic mass is 9.96. The van der Waals surface area contributed by atoms with Crippen molar-refractivity contribution in [3.63, 3.8) is 0 Å². The number of benzene rings is 3. The zero-order valence-electron chi connectivity index (χ0n) is 14.3. The minimum atomic E-state index is 0.383. The Labute approximate surface area is 151 Å². The highest BCUT2D eigenvalue weighted by Gasteiger charge is 2.14. The third kappa shape index (κ3) is 2.87. The first-order valence-corrected chi connectivity index (χ1v) is 8.26. The third-order valence-corrected chi connectivity index (χ3v) is 4.46. The molecule has 0 amide bonds. The lowest BCUT2D eigenvalue weighted by Crippen LogP contribution is -2.30. The van der Waals surface area contributed by atoms with Gasteiger partial charge >= 0.3 is 0 Å². The van der Waals surface area contributed by atoms with E-state index in [1.54, 1.807) is 7.11 Å². The maximum absolute atomic E-state index is 8.65. The number of rotatable bonds is 4. The summed E-state index contributed by atoms with van der Waals surface area (Å²) in [7, 11) is 1.65. The van der Waals surface area contributed by atoms with Crippen molar-refractivity contribution >= 4 is 28.0 Å². The average molecular weight is 345 g/mol. The standard InChI is InChI=1S/C20H19N5O/c1-26-16-6-4-12-8-14(3-2-13(12)9-16)19(22)17-10-15(5-7-18(17)21)20-23-11-24-25-20/h2-10,22,24H,11,21H2,1H3,(H,23,25). The molecule has 0 aromatic heterocycles. The van der Waals surface area contributed by atoms with Crippen LogP contribution in [0.25, 0.3) is 10.8 Å². The third-order valence-electron chi connectivity index (χ3n) is 4.46. The lowest BCUT2D eigenvalue weighted by Gasteiger charge is -2.12. The lowest BCUT2D eigenvalue weighted by molar-refractivity contribution is 0.415. The number of fused-ring (bicyclic) bond motifs is 1. The maximum atomic E-state index is 8.65. The number of methoxy groups -OCH3 is 1. The van der Waals surface area contributed by atoms with Crippen molar-refractivity contribution in [2.45, 2.75) is 0 Å². The van der Waals surface area contributed by atoms with Gasteiger partial charge in [-0.3, -0.25) is 5.41 Å². The van der Waals surface area contributed by atoms with Gasteiger partial charge in [-0.05, 0) is 47.2 Å². The van der Waals surface area contributed by atoms with Gasteiger partial charge in [-0.2, -0.15) is 0 Å². The van der Waals surface area contributed by atoms with Gasteiger partial charge in [0.2, 0.25) is 0 Å². The summed E-state index contributed by atoms with van der Waals surface area (Å²) >= 11 is 0. The number of hydrogen-bond donors (Lipinski definition) is 4. The molecular formula is C20H19N5O. The minimum absolute atomic E-state index is 0.383. The molecule has 0 unspecified atom stereocenters. The van der Waals surface area contributed by atoms with Crippen LogP contribution in [0.15, 0.2) is 59.6 Å². The topological polar surface area (TPSA) is 95.5 Å². The van der Waals surface area contributed by atoms with Gasteiger partial charge in [-0.15, -0.1) is 0 Å². The molecule has 3 aromatic rings. The summed E-state index contributed by atoms with van der Waals surface area (Å²) in [5.41, 5.74) is 15.4. The maximum Gasteiger partial charge on any atom is 0.144 e. The SMILES string of the molecule is COc1ccc2cc(C(=N)c3cc(C4=NCNN4)ccc3N)ccc2c1. The molecule has 0 spiro atoms. The highest BCUT2D eigenvalue weighted by molar-refractivity contribution is 6.16. The normalized spacial score (nSPS) is 13.3. The number of nitrogens with one attached hydrogen (secondary N) is 3. The number of hydrogen-bond acceptors (Lipinski definition) is 6. The second kappa shape index (κ2) is 6.50. The van der Waals surface area contributed by atoms with Gasteiger partial charge in [0, 0.05) is 22.4 Å². The van der Waals surface area contributed by atoms with Gasteiger partial charge in [0.15, 0.2) is 0 Å². The molecule has 3 aromatic carbocycles.